The maximum absolute atomic E-state index is 4.16. The van der Waals surface area contributed by atoms with Crippen molar-refractivity contribution in [2.75, 3.05) is 0 Å². The van der Waals surface area contributed by atoms with Gasteiger partial charge in [0.15, 0.2) is 0 Å². The molecule has 0 N–H and O–H groups in total. The van der Waals surface area contributed by atoms with E-state index in [0.29, 0.717) is 0 Å². The summed E-state index contributed by atoms with van der Waals surface area (Å²) in [5, 5.41) is 0. The molecule has 2 heteroatoms. The molecule has 0 atom stereocenters. The van der Waals surface area contributed by atoms with Crippen molar-refractivity contribution < 1.29 is 0 Å². The number of aryl methyl sites for hydroxylation is 2. The van der Waals surface area contributed by atoms with Crippen molar-refractivity contribution in [1.29, 1.82) is 0 Å². The minimum Gasteiger partial charge on any atom is -0.334 e. The predicted octanol–water partition coefficient (Wildman–Crippen LogP) is 2.98. The van der Waals surface area contributed by atoms with Gasteiger partial charge in [-0.2, -0.15) is 0 Å². The molecule has 16 heavy (non-hydrogen) atoms. The Hall–Kier alpha value is -1.57. The van der Waals surface area contributed by atoms with Crippen LogP contribution in [0.15, 0.2) is 30.7 Å². The zero-order valence-corrected chi connectivity index (χ0v) is 9.48. The van der Waals surface area contributed by atoms with Crippen molar-refractivity contribution in [3.8, 4) is 11.3 Å². The first kappa shape index (κ1) is 9.64. The maximum atomic E-state index is 4.16. The highest BCUT2D eigenvalue weighted by molar-refractivity contribution is 5.62. The van der Waals surface area contributed by atoms with Crippen molar-refractivity contribution in [3.63, 3.8) is 0 Å². The summed E-state index contributed by atoms with van der Waals surface area (Å²) in [6, 6.07) is 6.74. The molecule has 2 aromatic rings. The minimum atomic E-state index is 1.18. The van der Waals surface area contributed by atoms with Gasteiger partial charge in [-0.3, -0.25) is 0 Å². The molecular weight excluding hydrogens is 196 g/mol. The first-order valence-electron chi connectivity index (χ1n) is 5.77. The predicted molar refractivity (Wildman–Crippen MR) is 65.0 cm³/mol. The molecule has 1 aliphatic carbocycles. The van der Waals surface area contributed by atoms with Crippen LogP contribution >= 0.6 is 0 Å². The van der Waals surface area contributed by atoms with Crippen LogP contribution in [0.25, 0.3) is 11.3 Å². The van der Waals surface area contributed by atoms with Crippen molar-refractivity contribution in [1.82, 2.24) is 9.55 Å². The van der Waals surface area contributed by atoms with E-state index in [1.165, 1.54) is 41.6 Å². The van der Waals surface area contributed by atoms with E-state index in [1.807, 2.05) is 19.6 Å². The van der Waals surface area contributed by atoms with Gasteiger partial charge >= 0.3 is 0 Å². The fourth-order valence-corrected chi connectivity index (χ4v) is 2.36. The molecule has 1 aliphatic rings. The molecule has 0 fully saturated rings. The van der Waals surface area contributed by atoms with E-state index in [-0.39, 0.29) is 0 Å². The van der Waals surface area contributed by atoms with E-state index in [4.69, 9.17) is 0 Å². The van der Waals surface area contributed by atoms with Gasteiger partial charge < -0.3 is 4.57 Å². The number of rotatable bonds is 1. The molecule has 2 nitrogen and oxygen atoms in total. The highest BCUT2D eigenvalue weighted by Gasteiger charge is 2.11. The third-order valence-corrected chi connectivity index (χ3v) is 3.27. The average molecular weight is 211 g/mol. The van der Waals surface area contributed by atoms with Gasteiger partial charge in [0.25, 0.3) is 0 Å². The molecule has 0 bridgehead atoms. The maximum Gasteiger partial charge on any atom is 0.0948 e. The molecule has 0 unspecified atom stereocenters. The molecule has 0 spiro atoms. The fraction of sp³-hybridized carbons (Fsp3) is 0.286. The number of benzene rings is 1. The Bertz CT molecular complexity index is 511. The molecule has 81 valence electrons. The van der Waals surface area contributed by atoms with Crippen LogP contribution in [-0.2, 0) is 13.5 Å². The quantitative estimate of drug-likeness (QED) is 0.709. The lowest BCUT2D eigenvalue weighted by molar-refractivity contribution is 0.775. The summed E-state index contributed by atoms with van der Waals surface area (Å²) in [4.78, 5) is 4.16. The molecule has 3 rings (SSSR count). The summed E-state index contributed by atoms with van der Waals surface area (Å²) >= 11 is 0. The van der Waals surface area contributed by atoms with Crippen LogP contribution < -0.4 is 0 Å². The molecule has 1 aromatic carbocycles. The zero-order valence-electron chi connectivity index (χ0n) is 9.48. The van der Waals surface area contributed by atoms with E-state index < -0.39 is 0 Å². The van der Waals surface area contributed by atoms with E-state index in [0.717, 1.165) is 0 Å². The van der Waals surface area contributed by atoms with Crippen LogP contribution in [0.1, 0.15) is 24.0 Å². The van der Waals surface area contributed by atoms with Gasteiger partial charge in [0, 0.05) is 12.6 Å². The number of hydrogen-bond acceptors (Lipinski definition) is 1. The number of imidazole rings is 1. The third kappa shape index (κ3) is 1.54. The lowest BCUT2D eigenvalue weighted by Gasteiger charge is -2.16. The number of hydrogen-bond donors (Lipinski definition) is 0. The largest absolute Gasteiger partial charge is 0.334 e. The van der Waals surface area contributed by atoms with Gasteiger partial charge in [-0.1, -0.05) is 12.1 Å². The molecule has 0 aliphatic heterocycles. The summed E-state index contributed by atoms with van der Waals surface area (Å²) in [6.07, 6.45) is 9.83. The van der Waals surface area contributed by atoms with Crippen LogP contribution in [0.2, 0.25) is 0 Å². The molecule has 1 radical (unpaired) electrons. The molecule has 0 amide bonds. The lowest BCUT2D eigenvalue weighted by atomic mass is 9.90. The van der Waals surface area contributed by atoms with E-state index in [2.05, 4.69) is 34.2 Å². The number of fused-ring (bicyclic) bond motifs is 1. The molecule has 1 aromatic heterocycles. The van der Waals surface area contributed by atoms with Crippen molar-refractivity contribution in [2.45, 2.75) is 19.3 Å². The van der Waals surface area contributed by atoms with Crippen LogP contribution in [0, 0.1) is 6.42 Å². The van der Waals surface area contributed by atoms with Crippen molar-refractivity contribution in [3.05, 3.63) is 48.3 Å². The summed E-state index contributed by atoms with van der Waals surface area (Å²) in [5.41, 5.74) is 5.33. The molecule has 0 saturated carbocycles. The van der Waals surface area contributed by atoms with Gasteiger partial charge in [0.1, 0.15) is 0 Å². The van der Waals surface area contributed by atoms with Crippen molar-refractivity contribution >= 4 is 0 Å². The Morgan fingerprint density at radius 2 is 2.25 bits per heavy atom. The van der Waals surface area contributed by atoms with Gasteiger partial charge in [-0.25, -0.2) is 4.98 Å². The lowest BCUT2D eigenvalue weighted by Crippen LogP contribution is -2.01. The molecule has 1 heterocycles. The molecule has 0 saturated heterocycles. The fourth-order valence-electron chi connectivity index (χ4n) is 2.36. The van der Waals surface area contributed by atoms with Gasteiger partial charge in [0.05, 0.1) is 18.2 Å². The van der Waals surface area contributed by atoms with Crippen LogP contribution in [0.3, 0.4) is 0 Å². The Balaban J connectivity index is 2.06. The monoisotopic (exact) mass is 211 g/mol. The number of aromatic nitrogens is 2. The highest BCUT2D eigenvalue weighted by Crippen LogP contribution is 2.27. The van der Waals surface area contributed by atoms with Crippen LogP contribution in [0.5, 0.6) is 0 Å². The summed E-state index contributed by atoms with van der Waals surface area (Å²) in [6.45, 7) is 0. The first-order chi connectivity index (χ1) is 7.84. The Labute approximate surface area is 95.9 Å². The van der Waals surface area contributed by atoms with E-state index in [9.17, 15) is 0 Å². The second-order valence-electron chi connectivity index (χ2n) is 4.40. The average Bonchev–Trinajstić information content (AvgIpc) is 2.75. The summed E-state index contributed by atoms with van der Waals surface area (Å²) in [7, 11) is 2.03. The van der Waals surface area contributed by atoms with Gasteiger partial charge in [-0.15, -0.1) is 0 Å². The standard InChI is InChI=1S/C14H15N2/c1-16-10-15-9-14(16)13-7-6-11-4-2-3-5-12(11)8-13/h5-10H,2-4H2,1H3. The smallest absolute Gasteiger partial charge is 0.0948 e. The topological polar surface area (TPSA) is 17.8 Å². The molecular formula is C14H15N2. The minimum absolute atomic E-state index is 1.18. The SMILES string of the molecule is Cn1cncc1-c1ccc2c(c1)[CH]CCC2. The van der Waals surface area contributed by atoms with Crippen LogP contribution in [-0.4, -0.2) is 9.55 Å². The normalized spacial score (nSPS) is 14.8. The second kappa shape index (κ2) is 3.78. The zero-order chi connectivity index (χ0) is 11.0. The van der Waals surface area contributed by atoms with Crippen molar-refractivity contribution in [2.24, 2.45) is 7.05 Å². The highest BCUT2D eigenvalue weighted by atomic mass is 15.0. The summed E-state index contributed by atoms with van der Waals surface area (Å²) in [5.74, 6) is 0. The van der Waals surface area contributed by atoms with Gasteiger partial charge in [0.2, 0.25) is 0 Å². The first-order valence-corrected chi connectivity index (χ1v) is 5.77. The Kier molecular flexibility index (Phi) is 2.28. The Morgan fingerprint density at radius 1 is 1.31 bits per heavy atom. The van der Waals surface area contributed by atoms with E-state index >= 15 is 0 Å². The van der Waals surface area contributed by atoms with Crippen LogP contribution in [0.4, 0.5) is 0 Å². The second-order valence-corrected chi connectivity index (χ2v) is 4.40. The third-order valence-electron chi connectivity index (χ3n) is 3.27. The number of nitrogens with zero attached hydrogens (tertiary/aromatic N) is 2. The van der Waals surface area contributed by atoms with Gasteiger partial charge in [-0.05, 0) is 42.9 Å². The Morgan fingerprint density at radius 3 is 3.06 bits per heavy atom. The summed E-state index contributed by atoms with van der Waals surface area (Å²) < 4.78 is 2.06. The van der Waals surface area contributed by atoms with E-state index in [1.54, 1.807) is 0 Å².